The summed E-state index contributed by atoms with van der Waals surface area (Å²) in [6.45, 7) is 18.7. The Morgan fingerprint density at radius 2 is 1.90 bits per heavy atom. The predicted octanol–water partition coefficient (Wildman–Crippen LogP) is 4.82. The van der Waals surface area contributed by atoms with Gasteiger partial charge in [-0.2, -0.15) is 4.57 Å². The van der Waals surface area contributed by atoms with Crippen molar-refractivity contribution in [3.05, 3.63) is 60.5 Å². The molecule has 1 aromatic heterocycles. The zero-order valence-corrected chi connectivity index (χ0v) is 12.8. The summed E-state index contributed by atoms with van der Waals surface area (Å²) in [5.74, 6) is 0.526. The van der Waals surface area contributed by atoms with Gasteiger partial charge in [-0.1, -0.05) is 57.4 Å². The van der Waals surface area contributed by atoms with Crippen LogP contribution < -0.4 is 4.57 Å². The molecule has 0 saturated heterocycles. The first-order chi connectivity index (χ1) is 9.60. The van der Waals surface area contributed by atoms with Crippen LogP contribution in [0.4, 0.5) is 0 Å². The van der Waals surface area contributed by atoms with E-state index in [2.05, 4.69) is 57.3 Å². The molecule has 0 amide bonds. The molecule has 0 spiro atoms. The van der Waals surface area contributed by atoms with E-state index in [0.717, 1.165) is 17.5 Å². The summed E-state index contributed by atoms with van der Waals surface area (Å²) >= 11 is 0. The second-order valence-corrected chi connectivity index (χ2v) is 5.41. The molecular weight excluding hydrogens is 242 g/mol. The Bertz CT molecular complexity index is 604. The van der Waals surface area contributed by atoms with E-state index >= 15 is 0 Å². The Kier molecular flexibility index (Phi) is 4.08. The highest BCUT2D eigenvalue weighted by Crippen LogP contribution is 2.37. The Balaban J connectivity index is 2.87. The fourth-order valence-corrected chi connectivity index (χ4v) is 3.32. The Morgan fingerprint density at radius 3 is 2.40 bits per heavy atom. The van der Waals surface area contributed by atoms with Gasteiger partial charge in [-0.25, -0.2) is 0 Å². The minimum absolute atomic E-state index is 0.492. The molecule has 0 fully saturated rings. The van der Waals surface area contributed by atoms with E-state index in [4.69, 9.17) is 0 Å². The molecule has 0 aliphatic carbocycles. The largest absolute Gasteiger partial charge is 0.220 e. The maximum absolute atomic E-state index is 4.02. The van der Waals surface area contributed by atoms with Gasteiger partial charge >= 0.3 is 0 Å². The summed E-state index contributed by atoms with van der Waals surface area (Å²) < 4.78 is 2.39. The SMILES string of the molecule is C=CC1=C(C)C(C)C(CC)[n+]2ccc(C=C)c(C=C)c21. The van der Waals surface area contributed by atoms with Crippen LogP contribution in [0, 0.1) is 5.92 Å². The van der Waals surface area contributed by atoms with Crippen molar-refractivity contribution in [3.8, 4) is 0 Å². The zero-order chi connectivity index (χ0) is 14.9. The molecule has 0 saturated carbocycles. The fourth-order valence-electron chi connectivity index (χ4n) is 3.32. The van der Waals surface area contributed by atoms with Crippen LogP contribution in [0.25, 0.3) is 17.7 Å². The number of aromatic nitrogens is 1. The Morgan fingerprint density at radius 1 is 1.20 bits per heavy atom. The molecule has 20 heavy (non-hydrogen) atoms. The lowest BCUT2D eigenvalue weighted by atomic mass is 9.82. The van der Waals surface area contributed by atoms with Crippen molar-refractivity contribution in [3.63, 3.8) is 0 Å². The van der Waals surface area contributed by atoms with Crippen LogP contribution in [0.15, 0.2) is 43.6 Å². The summed E-state index contributed by atoms with van der Waals surface area (Å²) in [5.41, 5.74) is 6.16. The lowest BCUT2D eigenvalue weighted by molar-refractivity contribution is -0.732. The van der Waals surface area contributed by atoms with E-state index in [-0.39, 0.29) is 0 Å². The minimum Gasteiger partial charge on any atom is -0.194 e. The topological polar surface area (TPSA) is 3.88 Å². The van der Waals surface area contributed by atoms with Crippen LogP contribution in [-0.4, -0.2) is 0 Å². The third-order valence-corrected chi connectivity index (χ3v) is 4.58. The molecule has 0 N–H and O–H groups in total. The molecular formula is C19H24N+. The smallest absolute Gasteiger partial charge is 0.194 e. The highest BCUT2D eigenvalue weighted by Gasteiger charge is 2.37. The van der Waals surface area contributed by atoms with Gasteiger partial charge < -0.3 is 0 Å². The summed E-state index contributed by atoms with van der Waals surface area (Å²) in [6, 6.07) is 2.62. The molecule has 1 aromatic rings. The van der Waals surface area contributed by atoms with Crippen molar-refractivity contribution in [2.24, 2.45) is 5.92 Å². The first kappa shape index (κ1) is 14.5. The number of hydrogen-bond donors (Lipinski definition) is 0. The van der Waals surface area contributed by atoms with E-state index in [0.29, 0.717) is 12.0 Å². The van der Waals surface area contributed by atoms with Gasteiger partial charge in [-0.15, -0.1) is 0 Å². The normalized spacial score (nSPS) is 21.4. The number of hydrogen-bond acceptors (Lipinski definition) is 0. The molecule has 1 aliphatic rings. The number of nitrogens with zero attached hydrogens (tertiary/aromatic N) is 1. The van der Waals surface area contributed by atoms with Crippen LogP contribution in [-0.2, 0) is 0 Å². The molecule has 1 nitrogen and oxygen atoms in total. The van der Waals surface area contributed by atoms with Gasteiger partial charge in [0.1, 0.15) is 0 Å². The maximum atomic E-state index is 4.02. The summed E-state index contributed by atoms with van der Waals surface area (Å²) in [4.78, 5) is 0. The monoisotopic (exact) mass is 266 g/mol. The third-order valence-electron chi connectivity index (χ3n) is 4.58. The van der Waals surface area contributed by atoms with Crippen molar-refractivity contribution >= 4 is 17.7 Å². The summed E-state index contributed by atoms with van der Waals surface area (Å²) in [7, 11) is 0. The van der Waals surface area contributed by atoms with E-state index in [1.807, 2.05) is 18.2 Å². The summed E-state index contributed by atoms with van der Waals surface area (Å²) in [6.07, 6.45) is 9.10. The molecule has 1 heteroatoms. The number of rotatable bonds is 4. The van der Waals surface area contributed by atoms with Crippen LogP contribution >= 0.6 is 0 Å². The molecule has 104 valence electrons. The van der Waals surface area contributed by atoms with Gasteiger partial charge in [0.25, 0.3) is 0 Å². The molecule has 0 aromatic carbocycles. The molecule has 2 rings (SSSR count). The van der Waals surface area contributed by atoms with Crippen LogP contribution in [0.2, 0.25) is 0 Å². The molecule has 2 unspecified atom stereocenters. The Hall–Kier alpha value is -1.89. The highest BCUT2D eigenvalue weighted by molar-refractivity contribution is 5.81. The quantitative estimate of drug-likeness (QED) is 0.688. The number of allylic oxidation sites excluding steroid dienone is 3. The number of pyridine rings is 1. The van der Waals surface area contributed by atoms with Crippen molar-refractivity contribution < 1.29 is 4.57 Å². The van der Waals surface area contributed by atoms with E-state index in [1.165, 1.54) is 16.8 Å². The van der Waals surface area contributed by atoms with Crippen molar-refractivity contribution in [2.75, 3.05) is 0 Å². The van der Waals surface area contributed by atoms with Crippen molar-refractivity contribution in [2.45, 2.75) is 33.2 Å². The molecule has 1 aliphatic heterocycles. The second-order valence-electron chi connectivity index (χ2n) is 5.41. The Labute approximate surface area is 122 Å². The average molecular weight is 266 g/mol. The molecule has 2 atom stereocenters. The van der Waals surface area contributed by atoms with Gasteiger partial charge in [0.15, 0.2) is 12.2 Å². The van der Waals surface area contributed by atoms with Crippen molar-refractivity contribution in [1.82, 2.24) is 0 Å². The lowest BCUT2D eigenvalue weighted by Gasteiger charge is -2.28. The third kappa shape index (κ3) is 1.98. The fraction of sp³-hybridized carbons (Fsp3) is 0.316. The van der Waals surface area contributed by atoms with E-state index in [1.54, 1.807) is 0 Å². The predicted molar refractivity (Wildman–Crippen MR) is 88.1 cm³/mol. The average Bonchev–Trinajstić information content (AvgIpc) is 2.47. The van der Waals surface area contributed by atoms with Gasteiger partial charge in [-0.3, -0.25) is 0 Å². The van der Waals surface area contributed by atoms with E-state index < -0.39 is 0 Å². The van der Waals surface area contributed by atoms with Gasteiger partial charge in [0.2, 0.25) is 5.69 Å². The zero-order valence-electron chi connectivity index (χ0n) is 12.8. The van der Waals surface area contributed by atoms with Gasteiger partial charge in [-0.05, 0) is 12.5 Å². The van der Waals surface area contributed by atoms with Gasteiger partial charge in [0, 0.05) is 24.0 Å². The van der Waals surface area contributed by atoms with Gasteiger partial charge in [0.05, 0.1) is 5.56 Å². The molecule has 0 bridgehead atoms. The van der Waals surface area contributed by atoms with Crippen molar-refractivity contribution in [1.29, 1.82) is 0 Å². The standard InChI is InChI=1S/C19H24N/c1-7-15-11-12-20-18(10-4)14(6)13(5)16(8-2)19(20)17(15)9-3/h7-9,11-12,14,18H,1-3,10H2,4-6H3/q+1. The highest BCUT2D eigenvalue weighted by atomic mass is 15.0. The van der Waals surface area contributed by atoms with Crippen LogP contribution in [0.5, 0.6) is 0 Å². The van der Waals surface area contributed by atoms with Crippen LogP contribution in [0.1, 0.15) is 50.1 Å². The van der Waals surface area contributed by atoms with E-state index in [9.17, 15) is 0 Å². The first-order valence-corrected chi connectivity index (χ1v) is 7.27. The number of fused-ring (bicyclic) bond motifs is 1. The molecule has 2 heterocycles. The first-order valence-electron chi connectivity index (χ1n) is 7.27. The second kappa shape index (κ2) is 5.62. The maximum Gasteiger partial charge on any atom is 0.220 e. The molecule has 0 radical (unpaired) electrons. The minimum atomic E-state index is 0.492. The lowest BCUT2D eigenvalue weighted by Crippen LogP contribution is -2.49. The summed E-state index contributed by atoms with van der Waals surface area (Å²) in [5, 5.41) is 0. The van der Waals surface area contributed by atoms with Crippen LogP contribution in [0.3, 0.4) is 0 Å².